The van der Waals surface area contributed by atoms with E-state index in [1.54, 1.807) is 12.4 Å². The molecule has 17 heavy (non-hydrogen) atoms. The fourth-order valence-corrected chi connectivity index (χ4v) is 1.34. The third-order valence-corrected chi connectivity index (χ3v) is 2.23. The molecule has 0 amide bonds. The van der Waals surface area contributed by atoms with E-state index in [-0.39, 0.29) is 12.1 Å². The van der Waals surface area contributed by atoms with Gasteiger partial charge in [-0.2, -0.15) is 0 Å². The number of nitrogens with zero attached hydrogens (tertiary/aromatic N) is 2. The van der Waals surface area contributed by atoms with E-state index in [0.717, 1.165) is 23.8 Å². The van der Waals surface area contributed by atoms with Crippen LogP contribution in [0, 0.1) is 18.6 Å². The summed E-state index contributed by atoms with van der Waals surface area (Å²) >= 11 is 0. The fourth-order valence-electron chi connectivity index (χ4n) is 1.34. The number of hydrogen-bond donors (Lipinski definition) is 1. The molecule has 2 rings (SSSR count). The van der Waals surface area contributed by atoms with E-state index in [4.69, 9.17) is 0 Å². The minimum absolute atomic E-state index is 0.145. The predicted octanol–water partition coefficient (Wildman–Crippen LogP) is 2.68. The third kappa shape index (κ3) is 2.96. The lowest BCUT2D eigenvalue weighted by molar-refractivity contribution is 0.587. The third-order valence-electron chi connectivity index (χ3n) is 2.23. The SMILES string of the molecule is Cc1cnc(NCc2cc(F)ccc2F)nc1. The van der Waals surface area contributed by atoms with E-state index < -0.39 is 11.6 Å². The van der Waals surface area contributed by atoms with Gasteiger partial charge >= 0.3 is 0 Å². The molecule has 0 aliphatic heterocycles. The van der Waals surface area contributed by atoms with Crippen molar-refractivity contribution in [3.63, 3.8) is 0 Å². The Bertz CT molecular complexity index is 512. The number of aromatic nitrogens is 2. The van der Waals surface area contributed by atoms with Crippen molar-refractivity contribution < 1.29 is 8.78 Å². The number of halogens is 2. The van der Waals surface area contributed by atoms with E-state index in [1.165, 1.54) is 0 Å². The molecule has 0 radical (unpaired) electrons. The van der Waals surface area contributed by atoms with Gasteiger partial charge in [0.05, 0.1) is 0 Å². The molecule has 0 atom stereocenters. The molecule has 88 valence electrons. The van der Waals surface area contributed by atoms with E-state index in [9.17, 15) is 8.78 Å². The molecule has 2 aromatic rings. The second-order valence-electron chi connectivity index (χ2n) is 3.67. The van der Waals surface area contributed by atoms with E-state index in [1.807, 2.05) is 6.92 Å². The average molecular weight is 235 g/mol. The molecule has 0 saturated carbocycles. The first-order valence-corrected chi connectivity index (χ1v) is 5.11. The Morgan fingerprint density at radius 3 is 2.59 bits per heavy atom. The zero-order valence-electron chi connectivity index (χ0n) is 9.24. The highest BCUT2D eigenvalue weighted by molar-refractivity contribution is 5.28. The Morgan fingerprint density at radius 2 is 1.88 bits per heavy atom. The van der Waals surface area contributed by atoms with Gasteiger partial charge in [0.2, 0.25) is 5.95 Å². The second kappa shape index (κ2) is 4.86. The van der Waals surface area contributed by atoms with Crippen LogP contribution in [0.15, 0.2) is 30.6 Å². The lowest BCUT2D eigenvalue weighted by atomic mass is 10.2. The van der Waals surface area contributed by atoms with Crippen LogP contribution in [0.1, 0.15) is 11.1 Å². The Balaban J connectivity index is 2.07. The molecule has 0 spiro atoms. The number of rotatable bonds is 3. The van der Waals surface area contributed by atoms with Gasteiger partial charge in [-0.05, 0) is 30.7 Å². The summed E-state index contributed by atoms with van der Waals surface area (Å²) in [6.45, 7) is 2.02. The van der Waals surface area contributed by atoms with Crippen molar-refractivity contribution in [2.45, 2.75) is 13.5 Å². The fraction of sp³-hybridized carbons (Fsp3) is 0.167. The maximum absolute atomic E-state index is 13.3. The molecule has 0 fully saturated rings. The van der Waals surface area contributed by atoms with Crippen LogP contribution in [-0.4, -0.2) is 9.97 Å². The molecule has 0 saturated heterocycles. The van der Waals surface area contributed by atoms with Gasteiger partial charge in [-0.25, -0.2) is 18.7 Å². The molecule has 5 heteroatoms. The molecule has 0 aliphatic rings. The average Bonchev–Trinajstić information content (AvgIpc) is 2.32. The lowest BCUT2D eigenvalue weighted by Crippen LogP contribution is -2.05. The van der Waals surface area contributed by atoms with Crippen LogP contribution in [0.4, 0.5) is 14.7 Å². The first kappa shape index (κ1) is 11.4. The normalized spacial score (nSPS) is 10.3. The molecule has 3 nitrogen and oxygen atoms in total. The summed E-state index contributed by atoms with van der Waals surface area (Å²) in [6.07, 6.45) is 3.30. The molecular formula is C12H11F2N3. The maximum Gasteiger partial charge on any atom is 0.222 e. The van der Waals surface area contributed by atoms with Crippen LogP contribution in [-0.2, 0) is 6.54 Å². The van der Waals surface area contributed by atoms with E-state index in [0.29, 0.717) is 5.95 Å². The first-order valence-electron chi connectivity index (χ1n) is 5.11. The highest BCUT2D eigenvalue weighted by Crippen LogP contribution is 2.11. The number of benzene rings is 1. The summed E-state index contributed by atoms with van der Waals surface area (Å²) in [6, 6.07) is 3.33. The van der Waals surface area contributed by atoms with Gasteiger partial charge in [-0.3, -0.25) is 0 Å². The van der Waals surface area contributed by atoms with Gasteiger partial charge in [-0.15, -0.1) is 0 Å². The van der Waals surface area contributed by atoms with Gasteiger partial charge in [0.25, 0.3) is 0 Å². The van der Waals surface area contributed by atoms with Crippen molar-refractivity contribution in [3.8, 4) is 0 Å². The zero-order valence-corrected chi connectivity index (χ0v) is 9.24. The van der Waals surface area contributed by atoms with Gasteiger partial charge in [0, 0.05) is 24.5 Å². The van der Waals surface area contributed by atoms with Gasteiger partial charge in [-0.1, -0.05) is 0 Å². The molecule has 0 unspecified atom stereocenters. The van der Waals surface area contributed by atoms with Crippen molar-refractivity contribution in [2.75, 3.05) is 5.32 Å². The number of hydrogen-bond acceptors (Lipinski definition) is 3. The van der Waals surface area contributed by atoms with Crippen molar-refractivity contribution in [3.05, 3.63) is 53.4 Å². The molecule has 1 heterocycles. The molecule has 1 aromatic heterocycles. The minimum Gasteiger partial charge on any atom is -0.350 e. The van der Waals surface area contributed by atoms with Crippen LogP contribution in [0.25, 0.3) is 0 Å². The quantitative estimate of drug-likeness (QED) is 0.888. The summed E-state index contributed by atoms with van der Waals surface area (Å²) in [5.41, 5.74) is 1.18. The number of aryl methyl sites for hydroxylation is 1. The Kier molecular flexibility index (Phi) is 3.27. The molecule has 1 aromatic carbocycles. The number of anilines is 1. The topological polar surface area (TPSA) is 37.8 Å². The van der Waals surface area contributed by atoms with E-state index >= 15 is 0 Å². The predicted molar refractivity (Wildman–Crippen MR) is 60.5 cm³/mol. The van der Waals surface area contributed by atoms with Crippen molar-refractivity contribution in [1.82, 2.24) is 9.97 Å². The summed E-state index contributed by atoms with van der Waals surface area (Å²) in [5.74, 6) is -0.529. The van der Waals surface area contributed by atoms with Crippen LogP contribution in [0.2, 0.25) is 0 Å². The summed E-state index contributed by atoms with van der Waals surface area (Å²) in [4.78, 5) is 8.01. The maximum atomic E-state index is 13.3. The lowest BCUT2D eigenvalue weighted by Gasteiger charge is -2.06. The van der Waals surface area contributed by atoms with Crippen LogP contribution in [0.3, 0.4) is 0 Å². The molecular weight excluding hydrogens is 224 g/mol. The number of nitrogens with one attached hydrogen (secondary N) is 1. The first-order chi connectivity index (χ1) is 8.15. The molecule has 0 aliphatic carbocycles. The van der Waals surface area contributed by atoms with Gasteiger partial charge < -0.3 is 5.32 Å². The van der Waals surface area contributed by atoms with E-state index in [2.05, 4.69) is 15.3 Å². The van der Waals surface area contributed by atoms with Crippen LogP contribution >= 0.6 is 0 Å². The monoisotopic (exact) mass is 235 g/mol. The minimum atomic E-state index is -0.465. The summed E-state index contributed by atoms with van der Waals surface area (Å²) < 4.78 is 26.2. The Labute approximate surface area is 97.5 Å². The van der Waals surface area contributed by atoms with Gasteiger partial charge in [0.1, 0.15) is 11.6 Å². The van der Waals surface area contributed by atoms with Crippen LogP contribution < -0.4 is 5.32 Å². The zero-order chi connectivity index (χ0) is 12.3. The smallest absolute Gasteiger partial charge is 0.222 e. The highest BCUT2D eigenvalue weighted by atomic mass is 19.1. The molecule has 0 bridgehead atoms. The van der Waals surface area contributed by atoms with Crippen molar-refractivity contribution >= 4 is 5.95 Å². The highest BCUT2D eigenvalue weighted by Gasteiger charge is 2.04. The summed E-state index contributed by atoms with van der Waals surface area (Å²) in [5, 5.41) is 2.83. The van der Waals surface area contributed by atoms with Crippen molar-refractivity contribution in [2.24, 2.45) is 0 Å². The Hall–Kier alpha value is -2.04. The van der Waals surface area contributed by atoms with Crippen LogP contribution in [0.5, 0.6) is 0 Å². The standard InChI is InChI=1S/C12H11F2N3/c1-8-5-15-12(16-6-8)17-7-9-4-10(13)2-3-11(9)14/h2-6H,7H2,1H3,(H,15,16,17). The van der Waals surface area contributed by atoms with Crippen molar-refractivity contribution in [1.29, 1.82) is 0 Å². The largest absolute Gasteiger partial charge is 0.350 e. The molecule has 1 N–H and O–H groups in total. The Morgan fingerprint density at radius 1 is 1.18 bits per heavy atom. The second-order valence-corrected chi connectivity index (χ2v) is 3.67. The van der Waals surface area contributed by atoms with Gasteiger partial charge in [0.15, 0.2) is 0 Å². The summed E-state index contributed by atoms with van der Waals surface area (Å²) in [7, 11) is 0.